The predicted octanol–water partition coefficient (Wildman–Crippen LogP) is 2.13. The molecule has 3 atom stereocenters. The Balaban J connectivity index is 1.59. The highest BCUT2D eigenvalue weighted by Crippen LogP contribution is 2.45. The largest absolute Gasteiger partial charge is 0.493 e. The first-order chi connectivity index (χ1) is 20.1. The average Bonchev–Trinajstić information content (AvgIpc) is 3.76. The number of aliphatic hydroxyl groups excluding tert-OH is 1. The third-order valence-corrected chi connectivity index (χ3v) is 8.02. The van der Waals surface area contributed by atoms with Gasteiger partial charge in [0.15, 0.2) is 0 Å². The molecule has 2 bridgehead atoms. The lowest BCUT2D eigenvalue weighted by molar-refractivity contribution is -0.141. The van der Waals surface area contributed by atoms with E-state index in [4.69, 9.17) is 16.9 Å². The Morgan fingerprint density at radius 3 is 2.76 bits per heavy atom. The van der Waals surface area contributed by atoms with Gasteiger partial charge in [0.2, 0.25) is 17.7 Å². The molecule has 2 aromatic rings. The lowest BCUT2D eigenvalue weighted by atomic mass is 9.98. The van der Waals surface area contributed by atoms with E-state index in [1.807, 2.05) is 24.3 Å². The van der Waals surface area contributed by atoms with E-state index in [1.165, 1.54) is 24.1 Å². The number of likely N-dealkylation sites (N-methyl/N-ethyl adjacent to an activating group) is 1. The van der Waals surface area contributed by atoms with Crippen molar-refractivity contribution in [3.05, 3.63) is 65.0 Å². The monoisotopic (exact) mass is 578 g/mol. The molecule has 224 valence electrons. The van der Waals surface area contributed by atoms with Crippen LogP contribution in [0, 0.1) is 18.2 Å². The zero-order valence-electron chi connectivity index (χ0n) is 23.9. The molecule has 1 aliphatic heterocycles. The molecule has 0 aromatic heterocycles. The third kappa shape index (κ3) is 8.08. The summed E-state index contributed by atoms with van der Waals surface area (Å²) < 4.78 is 20.3. The van der Waals surface area contributed by atoms with Crippen LogP contribution in [0.15, 0.2) is 42.5 Å². The number of terminal acetylenes is 1. The van der Waals surface area contributed by atoms with Gasteiger partial charge in [-0.3, -0.25) is 14.4 Å². The van der Waals surface area contributed by atoms with Crippen LogP contribution in [0.5, 0.6) is 5.75 Å². The number of hydrogen-bond donors (Lipinski definition) is 4. The first-order valence-electron chi connectivity index (χ1n) is 14.4. The minimum Gasteiger partial charge on any atom is -0.493 e. The molecule has 0 spiro atoms. The molecular weight excluding hydrogens is 539 g/mol. The van der Waals surface area contributed by atoms with E-state index in [9.17, 15) is 23.9 Å². The standard InChI is InChI=1S/C32H39FN4O5/c1-3-21-8-7-9-23(14-21)32(11-12-32)35-20-28(38)26-17-22-15-24(33)18-25(16-22)42-13-6-4-5-10-30(40)37(2)27(19-29(34)39)31(41)36-26/h1,7-9,14-16,18,26-28,35,38H,4-6,10-13,17,19-20H2,2H3,(H2,34,39)(H,36,41)/t26-,27-,28+/m0/s1. The first kappa shape index (κ1) is 31.0. The maximum Gasteiger partial charge on any atom is 0.243 e. The van der Waals surface area contributed by atoms with Gasteiger partial charge in [-0.25, -0.2) is 4.39 Å². The lowest BCUT2D eigenvalue weighted by Gasteiger charge is -2.31. The Kier molecular flexibility index (Phi) is 10.2. The molecule has 5 N–H and O–H groups in total. The zero-order valence-corrected chi connectivity index (χ0v) is 23.9. The molecule has 3 amide bonds. The van der Waals surface area contributed by atoms with Crippen LogP contribution in [0.1, 0.15) is 61.6 Å². The number of nitrogens with one attached hydrogen (secondary N) is 2. The molecule has 10 heteroatoms. The van der Waals surface area contributed by atoms with Crippen LogP contribution in [0.3, 0.4) is 0 Å². The second-order valence-electron chi connectivity index (χ2n) is 11.2. The van der Waals surface area contributed by atoms with Crippen LogP contribution in [0.4, 0.5) is 4.39 Å². The van der Waals surface area contributed by atoms with Gasteiger partial charge in [-0.05, 0) is 73.9 Å². The quantitative estimate of drug-likeness (QED) is 0.372. The van der Waals surface area contributed by atoms with E-state index >= 15 is 0 Å². The molecule has 0 saturated heterocycles. The number of nitrogens with zero attached hydrogens (tertiary/aromatic N) is 1. The molecular formula is C32H39FN4O5. The minimum absolute atomic E-state index is 0.0727. The summed E-state index contributed by atoms with van der Waals surface area (Å²) in [5.41, 5.74) is 7.38. The highest BCUT2D eigenvalue weighted by molar-refractivity contribution is 5.91. The van der Waals surface area contributed by atoms with E-state index < -0.39 is 35.8 Å². The van der Waals surface area contributed by atoms with Crippen LogP contribution in [-0.2, 0) is 26.3 Å². The number of fused-ring (bicyclic) bond motifs is 2. The normalized spacial score (nSPS) is 21.9. The van der Waals surface area contributed by atoms with Gasteiger partial charge in [-0.1, -0.05) is 18.1 Å². The molecule has 42 heavy (non-hydrogen) atoms. The van der Waals surface area contributed by atoms with E-state index in [1.54, 1.807) is 6.07 Å². The maximum absolute atomic E-state index is 14.6. The Labute approximate surface area is 246 Å². The van der Waals surface area contributed by atoms with Gasteiger partial charge < -0.3 is 31.1 Å². The van der Waals surface area contributed by atoms with E-state index in [-0.39, 0.29) is 37.3 Å². The number of rotatable bonds is 7. The van der Waals surface area contributed by atoms with Crippen molar-refractivity contribution in [2.75, 3.05) is 20.2 Å². The molecule has 1 aliphatic carbocycles. The molecule has 1 heterocycles. The van der Waals surface area contributed by atoms with Crippen LogP contribution in [0.2, 0.25) is 0 Å². The summed E-state index contributed by atoms with van der Waals surface area (Å²) in [5, 5.41) is 17.7. The maximum atomic E-state index is 14.6. The zero-order chi connectivity index (χ0) is 30.3. The number of hydrogen-bond acceptors (Lipinski definition) is 6. The number of carbonyl (C=O) groups is 3. The van der Waals surface area contributed by atoms with Gasteiger partial charge >= 0.3 is 0 Å². The van der Waals surface area contributed by atoms with Crippen molar-refractivity contribution >= 4 is 17.7 Å². The molecule has 1 saturated carbocycles. The summed E-state index contributed by atoms with van der Waals surface area (Å²) in [5.74, 6) is 0.840. The van der Waals surface area contributed by atoms with Crippen LogP contribution in [0.25, 0.3) is 0 Å². The van der Waals surface area contributed by atoms with Crippen molar-refractivity contribution in [2.24, 2.45) is 5.73 Å². The van der Waals surface area contributed by atoms with E-state index in [2.05, 4.69) is 16.6 Å². The Morgan fingerprint density at radius 2 is 2.05 bits per heavy atom. The van der Waals surface area contributed by atoms with E-state index in [0.717, 1.165) is 24.0 Å². The Hall–Kier alpha value is -3.94. The second kappa shape index (κ2) is 13.8. The SMILES string of the molecule is C#Cc1cccc(C2(NC[C@@H](O)[C@@H]3Cc4cc(F)cc(c4)OCCCCCC(=O)N(C)[C@@H](CC(N)=O)C(=O)N3)CC2)c1. The van der Waals surface area contributed by atoms with Crippen molar-refractivity contribution in [3.8, 4) is 18.1 Å². The molecule has 4 rings (SSSR count). The Bertz CT molecular complexity index is 1340. The number of aliphatic hydroxyl groups is 1. The number of amides is 3. The number of benzene rings is 2. The van der Waals surface area contributed by atoms with Gasteiger partial charge in [0, 0.05) is 37.2 Å². The van der Waals surface area contributed by atoms with Gasteiger partial charge in [-0.2, -0.15) is 0 Å². The van der Waals surface area contributed by atoms with Crippen LogP contribution < -0.4 is 21.1 Å². The summed E-state index contributed by atoms with van der Waals surface area (Å²) in [7, 11) is 1.47. The highest BCUT2D eigenvalue weighted by Gasteiger charge is 2.44. The van der Waals surface area contributed by atoms with Crippen molar-refractivity contribution in [2.45, 2.75) is 75.1 Å². The van der Waals surface area contributed by atoms with Crippen LogP contribution >= 0.6 is 0 Å². The third-order valence-electron chi connectivity index (χ3n) is 8.02. The number of carbonyl (C=O) groups excluding carboxylic acids is 3. The number of nitrogens with two attached hydrogens (primary N) is 1. The first-order valence-corrected chi connectivity index (χ1v) is 14.4. The molecule has 2 aliphatic rings. The number of primary amides is 1. The van der Waals surface area contributed by atoms with Crippen molar-refractivity contribution in [1.82, 2.24) is 15.5 Å². The van der Waals surface area contributed by atoms with Gasteiger partial charge in [0.1, 0.15) is 17.6 Å². The fourth-order valence-electron chi connectivity index (χ4n) is 5.37. The van der Waals surface area contributed by atoms with Gasteiger partial charge in [-0.15, -0.1) is 6.42 Å². The predicted molar refractivity (Wildman–Crippen MR) is 156 cm³/mol. The van der Waals surface area contributed by atoms with Gasteiger partial charge in [0.05, 0.1) is 25.2 Å². The summed E-state index contributed by atoms with van der Waals surface area (Å²) >= 11 is 0. The smallest absolute Gasteiger partial charge is 0.243 e. The molecule has 9 nitrogen and oxygen atoms in total. The molecule has 0 radical (unpaired) electrons. The fraction of sp³-hybridized carbons (Fsp3) is 0.469. The molecule has 0 unspecified atom stereocenters. The Morgan fingerprint density at radius 1 is 1.26 bits per heavy atom. The van der Waals surface area contributed by atoms with Crippen molar-refractivity contribution in [3.63, 3.8) is 0 Å². The van der Waals surface area contributed by atoms with E-state index in [0.29, 0.717) is 37.2 Å². The lowest BCUT2D eigenvalue weighted by Crippen LogP contribution is -2.56. The number of halogens is 1. The van der Waals surface area contributed by atoms with Crippen molar-refractivity contribution in [1.29, 1.82) is 0 Å². The average molecular weight is 579 g/mol. The van der Waals surface area contributed by atoms with Crippen LogP contribution in [-0.4, -0.2) is 66.1 Å². The fourth-order valence-corrected chi connectivity index (χ4v) is 5.37. The summed E-state index contributed by atoms with van der Waals surface area (Å²) in [6.07, 6.45) is 7.97. The summed E-state index contributed by atoms with van der Waals surface area (Å²) in [4.78, 5) is 39.5. The summed E-state index contributed by atoms with van der Waals surface area (Å²) in [6.45, 7) is 0.464. The van der Waals surface area contributed by atoms with Crippen molar-refractivity contribution < 1.29 is 28.6 Å². The second-order valence-corrected chi connectivity index (χ2v) is 11.2. The molecule has 1 fully saturated rings. The number of ether oxygens (including phenoxy) is 1. The highest BCUT2D eigenvalue weighted by atomic mass is 19.1. The topological polar surface area (TPSA) is 134 Å². The minimum atomic E-state index is -1.15. The van der Waals surface area contributed by atoms with Gasteiger partial charge in [0.25, 0.3) is 0 Å². The summed E-state index contributed by atoms with van der Waals surface area (Å²) in [6, 6.07) is 9.94. The molecule has 2 aromatic carbocycles.